The first-order valence-corrected chi connectivity index (χ1v) is 9.01. The molecule has 0 radical (unpaired) electrons. The summed E-state index contributed by atoms with van der Waals surface area (Å²) >= 11 is 0. The third-order valence-electron chi connectivity index (χ3n) is 4.03. The molecule has 19 heavy (non-hydrogen) atoms. The van der Waals surface area contributed by atoms with Gasteiger partial charge in [-0.3, -0.25) is 0 Å². The Balaban J connectivity index is 2.28. The van der Waals surface area contributed by atoms with Crippen molar-refractivity contribution >= 4 is 9.84 Å². The fraction of sp³-hybridized carbons (Fsp3) is 1.00. The minimum absolute atomic E-state index is 0.103. The number of sulfone groups is 1. The summed E-state index contributed by atoms with van der Waals surface area (Å²) in [7, 11) is 1.44. The van der Waals surface area contributed by atoms with Crippen LogP contribution in [0.1, 0.15) is 26.2 Å². The molecule has 0 bridgehead atoms. The van der Waals surface area contributed by atoms with E-state index in [0.717, 1.165) is 32.5 Å². The van der Waals surface area contributed by atoms with Gasteiger partial charge >= 0.3 is 0 Å². The maximum atomic E-state index is 11.4. The van der Waals surface area contributed by atoms with Gasteiger partial charge in [-0.05, 0) is 33.4 Å². The van der Waals surface area contributed by atoms with Crippen molar-refractivity contribution in [3.05, 3.63) is 0 Å². The van der Waals surface area contributed by atoms with Crippen LogP contribution in [0.25, 0.3) is 0 Å². The molecule has 0 aromatic carbocycles. The Morgan fingerprint density at radius 1 is 1.32 bits per heavy atom. The highest BCUT2D eigenvalue weighted by Crippen LogP contribution is 2.13. The van der Waals surface area contributed by atoms with Crippen molar-refractivity contribution in [1.29, 1.82) is 0 Å². The molecule has 5 nitrogen and oxygen atoms in total. The molecule has 1 heterocycles. The van der Waals surface area contributed by atoms with E-state index in [9.17, 15) is 8.42 Å². The predicted molar refractivity (Wildman–Crippen MR) is 80.1 cm³/mol. The third kappa shape index (κ3) is 6.21. The molecule has 0 aromatic heterocycles. The molecule has 1 rings (SSSR count). The highest BCUT2D eigenvalue weighted by atomic mass is 32.2. The van der Waals surface area contributed by atoms with Gasteiger partial charge in [-0.15, -0.1) is 0 Å². The van der Waals surface area contributed by atoms with Crippen LogP contribution in [0.5, 0.6) is 0 Å². The molecule has 2 unspecified atom stereocenters. The Kier molecular flexibility index (Phi) is 6.73. The van der Waals surface area contributed by atoms with E-state index in [1.807, 2.05) is 0 Å². The van der Waals surface area contributed by atoms with Gasteiger partial charge in [0, 0.05) is 37.5 Å². The van der Waals surface area contributed by atoms with E-state index in [1.165, 1.54) is 0 Å². The van der Waals surface area contributed by atoms with E-state index < -0.39 is 9.84 Å². The number of hydrogen-bond donors (Lipinski definition) is 1. The second kappa shape index (κ2) is 7.57. The van der Waals surface area contributed by atoms with Crippen LogP contribution in [0.15, 0.2) is 0 Å². The molecule has 0 spiro atoms. The van der Waals surface area contributed by atoms with Crippen molar-refractivity contribution in [3.63, 3.8) is 0 Å². The quantitative estimate of drug-likeness (QED) is 0.724. The number of rotatable bonds is 7. The van der Waals surface area contributed by atoms with E-state index in [2.05, 4.69) is 23.9 Å². The summed E-state index contributed by atoms with van der Waals surface area (Å²) < 4.78 is 22.8. The number of hydrogen-bond acceptors (Lipinski definition) is 5. The normalized spacial score (nSPS) is 24.5. The average Bonchev–Trinajstić information content (AvgIpc) is 2.33. The lowest BCUT2D eigenvalue weighted by molar-refractivity contribution is 0.103. The van der Waals surface area contributed by atoms with Crippen LogP contribution in [0.4, 0.5) is 0 Å². The van der Waals surface area contributed by atoms with Crippen LogP contribution in [-0.4, -0.2) is 75.5 Å². The summed E-state index contributed by atoms with van der Waals surface area (Å²) in [6.07, 6.45) is 2.43. The molecule has 1 fully saturated rings. The lowest BCUT2D eigenvalue weighted by Crippen LogP contribution is -2.51. The van der Waals surface area contributed by atoms with Crippen LogP contribution in [0.3, 0.4) is 0 Å². The molecule has 2 atom stereocenters. The second-order valence-electron chi connectivity index (χ2n) is 5.77. The zero-order chi connectivity index (χ0) is 14.5. The number of piperazine rings is 1. The summed E-state index contributed by atoms with van der Waals surface area (Å²) in [6.45, 7) is 4.94. The largest absolute Gasteiger partial charge is 0.328 e. The van der Waals surface area contributed by atoms with E-state index >= 15 is 0 Å². The molecule has 6 heteroatoms. The van der Waals surface area contributed by atoms with Crippen molar-refractivity contribution in [3.8, 4) is 0 Å². The molecule has 0 amide bonds. The first kappa shape index (κ1) is 16.9. The van der Waals surface area contributed by atoms with Crippen LogP contribution in [-0.2, 0) is 9.84 Å². The molecule has 2 N–H and O–H groups in total. The molecule has 0 aliphatic carbocycles. The Hall–Kier alpha value is -0.170. The van der Waals surface area contributed by atoms with Gasteiger partial charge in [-0.2, -0.15) is 0 Å². The zero-order valence-corrected chi connectivity index (χ0v) is 13.3. The summed E-state index contributed by atoms with van der Waals surface area (Å²) in [5.74, 6) is 0.510. The van der Waals surface area contributed by atoms with Crippen molar-refractivity contribution in [2.75, 3.05) is 45.2 Å². The van der Waals surface area contributed by atoms with E-state index in [0.29, 0.717) is 12.5 Å². The number of nitrogens with two attached hydrogens (primary N) is 1. The van der Waals surface area contributed by atoms with Crippen molar-refractivity contribution in [2.45, 2.75) is 38.3 Å². The molecule has 1 aliphatic rings. The molecular formula is C13H29N3O2S. The zero-order valence-electron chi connectivity index (χ0n) is 12.5. The summed E-state index contributed by atoms with van der Waals surface area (Å²) in [4.78, 5) is 4.70. The second-order valence-corrected chi connectivity index (χ2v) is 8.24. The lowest BCUT2D eigenvalue weighted by atomic mass is 10.0. The standard InChI is InChI=1S/C13H29N3O2S/c1-4-19(17,18)9-5-6-12(14)10-13-11-15(2)7-8-16(13)3/h12-13H,4-11,14H2,1-3H3. The van der Waals surface area contributed by atoms with Gasteiger partial charge < -0.3 is 15.5 Å². The third-order valence-corrected chi connectivity index (χ3v) is 5.82. The fourth-order valence-corrected chi connectivity index (χ4v) is 3.43. The van der Waals surface area contributed by atoms with Crippen molar-refractivity contribution in [1.82, 2.24) is 9.80 Å². The van der Waals surface area contributed by atoms with Gasteiger partial charge in [-0.25, -0.2) is 8.42 Å². The summed E-state index contributed by atoms with van der Waals surface area (Å²) in [5.41, 5.74) is 6.14. The molecule has 114 valence electrons. The van der Waals surface area contributed by atoms with Crippen molar-refractivity contribution < 1.29 is 8.42 Å². The van der Waals surface area contributed by atoms with Crippen molar-refractivity contribution in [2.24, 2.45) is 5.73 Å². The molecule has 1 saturated heterocycles. The smallest absolute Gasteiger partial charge is 0.150 e. The monoisotopic (exact) mass is 291 g/mol. The first-order valence-electron chi connectivity index (χ1n) is 7.19. The van der Waals surface area contributed by atoms with E-state index in [-0.39, 0.29) is 17.5 Å². The van der Waals surface area contributed by atoms with E-state index in [4.69, 9.17) is 5.73 Å². The Morgan fingerprint density at radius 3 is 2.63 bits per heavy atom. The fourth-order valence-electron chi connectivity index (χ4n) is 2.53. The van der Waals surface area contributed by atoms with E-state index in [1.54, 1.807) is 6.92 Å². The van der Waals surface area contributed by atoms with Gasteiger partial charge in [0.25, 0.3) is 0 Å². The Morgan fingerprint density at radius 2 is 2.00 bits per heavy atom. The Bertz CT molecular complexity index is 359. The summed E-state index contributed by atoms with van der Waals surface area (Å²) in [5, 5.41) is 0. The molecular weight excluding hydrogens is 262 g/mol. The topological polar surface area (TPSA) is 66.6 Å². The van der Waals surface area contributed by atoms with Crippen LogP contribution in [0.2, 0.25) is 0 Å². The summed E-state index contributed by atoms with van der Waals surface area (Å²) in [6, 6.07) is 0.600. The van der Waals surface area contributed by atoms with Gasteiger partial charge in [-0.1, -0.05) is 6.92 Å². The van der Waals surface area contributed by atoms with Gasteiger partial charge in [0.05, 0.1) is 5.75 Å². The molecule has 0 aromatic rings. The lowest BCUT2D eigenvalue weighted by Gasteiger charge is -2.38. The van der Waals surface area contributed by atoms with Crippen LogP contribution >= 0.6 is 0 Å². The molecule has 1 aliphatic heterocycles. The highest BCUT2D eigenvalue weighted by Gasteiger charge is 2.24. The number of nitrogens with zero attached hydrogens (tertiary/aromatic N) is 2. The average molecular weight is 291 g/mol. The van der Waals surface area contributed by atoms with Gasteiger partial charge in [0.2, 0.25) is 0 Å². The van der Waals surface area contributed by atoms with Crippen LogP contribution in [0, 0.1) is 0 Å². The predicted octanol–water partition coefficient (Wildman–Crippen LogP) is 0.165. The highest BCUT2D eigenvalue weighted by molar-refractivity contribution is 7.91. The SMILES string of the molecule is CCS(=O)(=O)CCCC(N)CC1CN(C)CCN1C. The minimum atomic E-state index is -2.84. The Labute approximate surface area is 118 Å². The maximum Gasteiger partial charge on any atom is 0.150 e. The molecule has 0 saturated carbocycles. The van der Waals surface area contributed by atoms with Gasteiger partial charge in [0.15, 0.2) is 0 Å². The first-order chi connectivity index (χ1) is 8.84. The maximum absolute atomic E-state index is 11.4. The number of likely N-dealkylation sites (N-methyl/N-ethyl adjacent to an activating group) is 2. The minimum Gasteiger partial charge on any atom is -0.328 e. The van der Waals surface area contributed by atoms with Gasteiger partial charge in [0.1, 0.15) is 9.84 Å². The van der Waals surface area contributed by atoms with Crippen LogP contribution < -0.4 is 5.73 Å².